The zero-order valence-corrected chi connectivity index (χ0v) is 23.9. The highest BCUT2D eigenvalue weighted by atomic mass is 35.5. The third-order valence-electron chi connectivity index (χ3n) is 8.22. The number of likely N-dealkylation sites (tertiary alicyclic amines) is 1. The number of aliphatic hydroxyl groups is 1. The van der Waals surface area contributed by atoms with Crippen molar-refractivity contribution in [3.8, 4) is 11.5 Å². The van der Waals surface area contributed by atoms with Crippen molar-refractivity contribution in [2.45, 2.75) is 56.8 Å². The van der Waals surface area contributed by atoms with Crippen LogP contribution in [0.2, 0.25) is 5.02 Å². The molecular formula is C29H29ClN4O6S. The first-order valence-electron chi connectivity index (χ1n) is 13.7. The Hall–Kier alpha value is -3.22. The van der Waals surface area contributed by atoms with Crippen molar-refractivity contribution in [1.82, 2.24) is 19.4 Å². The van der Waals surface area contributed by atoms with Crippen LogP contribution in [0, 0.1) is 0 Å². The van der Waals surface area contributed by atoms with Crippen molar-refractivity contribution >= 4 is 39.3 Å². The third-order valence-corrected chi connectivity index (χ3v) is 9.45. The molecule has 214 valence electrons. The summed E-state index contributed by atoms with van der Waals surface area (Å²) in [4.78, 5) is 23.5. The van der Waals surface area contributed by atoms with Crippen LogP contribution in [0.4, 0.5) is 0 Å². The number of hydrogen-bond acceptors (Lipinski definition) is 9. The van der Waals surface area contributed by atoms with Crippen molar-refractivity contribution in [2.75, 3.05) is 19.7 Å². The summed E-state index contributed by atoms with van der Waals surface area (Å²) in [5, 5.41) is 21.5. The quantitative estimate of drug-likeness (QED) is 0.298. The zero-order valence-electron chi connectivity index (χ0n) is 22.3. The van der Waals surface area contributed by atoms with Gasteiger partial charge in [-0.05, 0) is 49.4 Å². The van der Waals surface area contributed by atoms with Gasteiger partial charge in [-0.3, -0.25) is 9.88 Å². The maximum absolute atomic E-state index is 11.5. The van der Waals surface area contributed by atoms with E-state index in [1.165, 1.54) is 0 Å². The fourth-order valence-electron chi connectivity index (χ4n) is 5.90. The number of ether oxygens (including phenoxy) is 3. The number of aromatic nitrogens is 3. The second-order valence-corrected chi connectivity index (χ2v) is 12.3. The van der Waals surface area contributed by atoms with Crippen molar-refractivity contribution in [2.24, 2.45) is 0 Å². The van der Waals surface area contributed by atoms with E-state index in [1.807, 2.05) is 28.5 Å². The Kier molecular flexibility index (Phi) is 6.67. The molecule has 2 fully saturated rings. The number of piperidine rings is 1. The monoisotopic (exact) mass is 596 g/mol. The predicted molar refractivity (Wildman–Crippen MR) is 152 cm³/mol. The molecule has 3 aliphatic rings. The minimum atomic E-state index is -1.05. The summed E-state index contributed by atoms with van der Waals surface area (Å²) in [6, 6.07) is 11.2. The highest BCUT2D eigenvalue weighted by Gasteiger charge is 2.42. The number of para-hydroxylation sites is 1. The van der Waals surface area contributed by atoms with Crippen LogP contribution < -0.4 is 9.47 Å². The molecular weight excluding hydrogens is 568 g/mol. The molecule has 0 spiro atoms. The van der Waals surface area contributed by atoms with Gasteiger partial charge < -0.3 is 29.0 Å². The SMILES string of the molecule is C[C@@]1(c2ccc(Cl)cn2)Oc2cccc(C3CCN(C(O)c4nc5sc(C(=O)O)cc5n4C[C@@H]4CCO4)CC3)c2O1. The molecule has 1 aromatic carbocycles. The Labute approximate surface area is 245 Å². The Bertz CT molecular complexity index is 1610. The van der Waals surface area contributed by atoms with E-state index in [2.05, 4.69) is 11.1 Å². The van der Waals surface area contributed by atoms with Crippen LogP contribution in [0.25, 0.3) is 10.3 Å². The summed E-state index contributed by atoms with van der Waals surface area (Å²) in [5.41, 5.74) is 2.45. The predicted octanol–water partition coefficient (Wildman–Crippen LogP) is 5.15. The van der Waals surface area contributed by atoms with Gasteiger partial charge in [0.1, 0.15) is 15.4 Å². The van der Waals surface area contributed by atoms with Gasteiger partial charge >= 0.3 is 5.97 Å². The van der Waals surface area contributed by atoms with Crippen LogP contribution in [0.5, 0.6) is 11.5 Å². The number of imidazole rings is 1. The average Bonchev–Trinajstić information content (AvgIpc) is 3.62. The fourth-order valence-corrected chi connectivity index (χ4v) is 6.89. The zero-order chi connectivity index (χ0) is 28.3. The molecule has 2 N–H and O–H groups in total. The lowest BCUT2D eigenvalue weighted by atomic mass is 9.88. The smallest absolute Gasteiger partial charge is 0.346 e. The molecule has 3 aliphatic heterocycles. The number of rotatable bonds is 7. The lowest BCUT2D eigenvalue weighted by Gasteiger charge is -2.36. The van der Waals surface area contributed by atoms with E-state index in [4.69, 9.17) is 30.8 Å². The van der Waals surface area contributed by atoms with Gasteiger partial charge in [-0.25, -0.2) is 9.78 Å². The van der Waals surface area contributed by atoms with Gasteiger partial charge in [0.15, 0.2) is 23.6 Å². The first kappa shape index (κ1) is 26.7. The molecule has 0 amide bonds. The van der Waals surface area contributed by atoms with Crippen molar-refractivity contribution in [1.29, 1.82) is 0 Å². The lowest BCUT2D eigenvalue weighted by Crippen LogP contribution is -2.38. The first-order chi connectivity index (χ1) is 19.8. The summed E-state index contributed by atoms with van der Waals surface area (Å²) in [6.45, 7) is 4.42. The van der Waals surface area contributed by atoms with E-state index in [0.29, 0.717) is 53.4 Å². The minimum absolute atomic E-state index is 0.0356. The van der Waals surface area contributed by atoms with Gasteiger partial charge in [-0.1, -0.05) is 23.7 Å². The second-order valence-electron chi connectivity index (χ2n) is 10.8. The number of nitrogens with zero attached hydrogens (tertiary/aromatic N) is 4. The van der Waals surface area contributed by atoms with Crippen LogP contribution in [0.3, 0.4) is 0 Å². The molecule has 2 saturated heterocycles. The molecule has 3 atom stereocenters. The summed E-state index contributed by atoms with van der Waals surface area (Å²) in [5.74, 6) is 0.147. The number of fused-ring (bicyclic) bond motifs is 2. The molecule has 0 radical (unpaired) electrons. The van der Waals surface area contributed by atoms with Gasteiger partial charge in [0.25, 0.3) is 5.79 Å². The number of halogens is 1. The highest BCUT2D eigenvalue weighted by molar-refractivity contribution is 7.20. The molecule has 10 nitrogen and oxygen atoms in total. The number of aliphatic hydroxyl groups excluding tert-OH is 1. The van der Waals surface area contributed by atoms with Crippen LogP contribution >= 0.6 is 22.9 Å². The standard InChI is InChI=1S/C29H29ClN4O6S/c1-29(23-6-5-17(30)14-31-23)39-21-4-2-3-19(24(21)40-29)16-7-10-33(11-8-16)27(35)25-32-26-20(13-22(41-26)28(36)37)34(25)15-18-9-12-38-18/h2-6,13-14,16,18,27,35H,7-12,15H2,1H3,(H,36,37)/t18-,27?,29+/m0/s1. The Morgan fingerprint density at radius 2 is 2.02 bits per heavy atom. The van der Waals surface area contributed by atoms with Crippen LogP contribution in [-0.4, -0.2) is 61.4 Å². The van der Waals surface area contributed by atoms with E-state index in [0.717, 1.165) is 47.4 Å². The first-order valence-corrected chi connectivity index (χ1v) is 14.9. The van der Waals surface area contributed by atoms with Crippen molar-refractivity contribution in [3.05, 3.63) is 69.6 Å². The molecule has 6 heterocycles. The summed E-state index contributed by atoms with van der Waals surface area (Å²) in [6.07, 6.45) is 3.27. The normalized spacial score (nSPS) is 23.5. The van der Waals surface area contributed by atoms with Crippen molar-refractivity contribution < 1.29 is 29.2 Å². The number of hydrogen-bond donors (Lipinski definition) is 2. The van der Waals surface area contributed by atoms with E-state index in [-0.39, 0.29) is 16.9 Å². The van der Waals surface area contributed by atoms with Gasteiger partial charge in [0.05, 0.1) is 23.2 Å². The number of pyridine rings is 1. The molecule has 0 bridgehead atoms. The molecule has 0 aliphatic carbocycles. The Morgan fingerprint density at radius 1 is 1.22 bits per heavy atom. The largest absolute Gasteiger partial charge is 0.477 e. The number of benzene rings is 1. The number of thiophene rings is 1. The van der Waals surface area contributed by atoms with Crippen LogP contribution in [0.15, 0.2) is 42.6 Å². The maximum Gasteiger partial charge on any atom is 0.346 e. The number of carbonyl (C=O) groups is 1. The van der Waals surface area contributed by atoms with Crippen LogP contribution in [0.1, 0.15) is 65.1 Å². The highest BCUT2D eigenvalue weighted by Crippen LogP contribution is 2.49. The van der Waals surface area contributed by atoms with Gasteiger partial charge in [-0.15, -0.1) is 11.3 Å². The third kappa shape index (κ3) is 4.75. The average molecular weight is 597 g/mol. The topological polar surface area (TPSA) is 119 Å². The van der Waals surface area contributed by atoms with Crippen molar-refractivity contribution in [3.63, 3.8) is 0 Å². The number of carboxylic acids is 1. The molecule has 7 rings (SSSR count). The molecule has 1 unspecified atom stereocenters. The second kappa shape index (κ2) is 10.2. The summed E-state index contributed by atoms with van der Waals surface area (Å²) < 4.78 is 20.2. The molecule has 4 aromatic rings. The Morgan fingerprint density at radius 3 is 2.71 bits per heavy atom. The van der Waals surface area contributed by atoms with E-state index in [1.54, 1.807) is 24.4 Å². The molecule has 0 saturated carbocycles. The van der Waals surface area contributed by atoms with E-state index >= 15 is 0 Å². The maximum atomic E-state index is 11.5. The fraction of sp³-hybridized carbons (Fsp3) is 0.414. The van der Waals surface area contributed by atoms with E-state index < -0.39 is 18.0 Å². The van der Waals surface area contributed by atoms with Gasteiger partial charge in [-0.2, -0.15) is 0 Å². The summed E-state index contributed by atoms with van der Waals surface area (Å²) in [7, 11) is 0. The van der Waals surface area contributed by atoms with Crippen LogP contribution in [-0.2, 0) is 17.1 Å². The van der Waals surface area contributed by atoms with Gasteiger partial charge in [0.2, 0.25) is 0 Å². The van der Waals surface area contributed by atoms with E-state index in [9.17, 15) is 15.0 Å². The Balaban J connectivity index is 1.09. The summed E-state index contributed by atoms with van der Waals surface area (Å²) >= 11 is 7.15. The molecule has 3 aromatic heterocycles. The minimum Gasteiger partial charge on any atom is -0.477 e. The molecule has 12 heteroatoms. The van der Waals surface area contributed by atoms with Gasteiger partial charge in [0, 0.05) is 38.4 Å². The molecule has 41 heavy (non-hydrogen) atoms. The lowest BCUT2D eigenvalue weighted by molar-refractivity contribution is -0.0723. The number of aromatic carboxylic acids is 1. The number of carboxylic acid groups (broad SMARTS) is 1.